The molecule has 4 rings (SSSR count). The number of likely N-dealkylation sites (tertiary alicyclic amines) is 1. The van der Waals surface area contributed by atoms with Gasteiger partial charge >= 0.3 is 6.36 Å². The highest BCUT2D eigenvalue weighted by molar-refractivity contribution is 6.07. The number of halogens is 3. The lowest BCUT2D eigenvalue weighted by Crippen LogP contribution is -2.56. The highest BCUT2D eigenvalue weighted by Crippen LogP contribution is 2.32. The minimum absolute atomic E-state index is 0.0386. The van der Waals surface area contributed by atoms with Gasteiger partial charge in [-0.2, -0.15) is 0 Å². The lowest BCUT2D eigenvalue weighted by atomic mass is 9.83. The van der Waals surface area contributed by atoms with E-state index in [0.29, 0.717) is 36.0 Å². The van der Waals surface area contributed by atoms with E-state index in [1.165, 1.54) is 25.1 Å². The molecule has 8 nitrogen and oxygen atoms in total. The van der Waals surface area contributed by atoms with Crippen molar-refractivity contribution < 1.29 is 32.3 Å². The zero-order chi connectivity index (χ0) is 29.0. The molecule has 2 amide bonds. The molecular formula is C29H39F3N4O4. The van der Waals surface area contributed by atoms with E-state index in [-0.39, 0.29) is 35.3 Å². The van der Waals surface area contributed by atoms with Crippen LogP contribution >= 0.6 is 0 Å². The fourth-order valence-corrected chi connectivity index (χ4v) is 6.09. The number of aromatic nitrogens is 1. The van der Waals surface area contributed by atoms with Gasteiger partial charge in [-0.3, -0.25) is 14.4 Å². The number of ether oxygens (including phenoxy) is 1. The molecule has 1 aromatic heterocycles. The Morgan fingerprint density at radius 1 is 1.10 bits per heavy atom. The first kappa shape index (κ1) is 29.9. The van der Waals surface area contributed by atoms with Gasteiger partial charge < -0.3 is 24.8 Å². The molecular weight excluding hydrogens is 525 g/mol. The first-order valence-corrected chi connectivity index (χ1v) is 14.2. The zero-order valence-electron chi connectivity index (χ0n) is 23.4. The van der Waals surface area contributed by atoms with Crippen LogP contribution in [0.4, 0.5) is 13.2 Å². The largest absolute Gasteiger partial charge is 0.573 e. The predicted octanol–water partition coefficient (Wildman–Crippen LogP) is 4.80. The van der Waals surface area contributed by atoms with Gasteiger partial charge in [0.05, 0.1) is 6.04 Å². The Morgan fingerprint density at radius 3 is 2.48 bits per heavy atom. The van der Waals surface area contributed by atoms with Crippen LogP contribution in [0, 0.1) is 5.92 Å². The topological polar surface area (TPSA) is 92.7 Å². The van der Waals surface area contributed by atoms with Gasteiger partial charge in [-0.25, -0.2) is 0 Å². The molecule has 220 valence electrons. The van der Waals surface area contributed by atoms with Crippen molar-refractivity contribution in [3.63, 3.8) is 0 Å². The van der Waals surface area contributed by atoms with E-state index < -0.39 is 18.4 Å². The van der Waals surface area contributed by atoms with Crippen molar-refractivity contribution in [2.45, 2.75) is 96.2 Å². The van der Waals surface area contributed by atoms with Crippen LogP contribution in [-0.2, 0) is 16.1 Å². The summed E-state index contributed by atoms with van der Waals surface area (Å²) in [6.45, 7) is 4.25. The Hall–Kier alpha value is -3.08. The molecule has 1 aliphatic carbocycles. The van der Waals surface area contributed by atoms with Crippen LogP contribution in [0.2, 0.25) is 0 Å². The van der Waals surface area contributed by atoms with Gasteiger partial charge in [-0.1, -0.05) is 19.3 Å². The van der Waals surface area contributed by atoms with E-state index in [9.17, 15) is 27.6 Å². The molecule has 1 saturated heterocycles. The van der Waals surface area contributed by atoms with Crippen molar-refractivity contribution in [1.29, 1.82) is 0 Å². The number of rotatable bonds is 10. The van der Waals surface area contributed by atoms with E-state index in [0.717, 1.165) is 44.9 Å². The number of amides is 2. The summed E-state index contributed by atoms with van der Waals surface area (Å²) in [5.41, 5.74) is 0.949. The second kappa shape index (κ2) is 12.6. The van der Waals surface area contributed by atoms with E-state index >= 15 is 0 Å². The number of alkyl halides is 3. The quantitative estimate of drug-likeness (QED) is 0.405. The van der Waals surface area contributed by atoms with Crippen molar-refractivity contribution in [2.75, 3.05) is 13.6 Å². The summed E-state index contributed by atoms with van der Waals surface area (Å²) >= 11 is 0. The van der Waals surface area contributed by atoms with Gasteiger partial charge in [0, 0.05) is 41.8 Å². The molecule has 2 aromatic rings. The normalized spacial score (nSPS) is 19.9. The molecule has 40 heavy (non-hydrogen) atoms. The lowest BCUT2D eigenvalue weighted by Gasteiger charge is -2.35. The number of Topliss-reactive ketones (excluding diaryl/α,β-unsaturated/α-hetero) is 1. The monoisotopic (exact) mass is 564 g/mol. The minimum atomic E-state index is -4.83. The maximum Gasteiger partial charge on any atom is 0.573 e. The Bertz CT molecular complexity index is 1220. The third-order valence-electron chi connectivity index (χ3n) is 8.34. The maximum absolute atomic E-state index is 13.9. The van der Waals surface area contributed by atoms with E-state index in [2.05, 4.69) is 15.4 Å². The smallest absolute Gasteiger partial charge is 0.406 e. The molecule has 1 aromatic carbocycles. The van der Waals surface area contributed by atoms with Gasteiger partial charge in [0.15, 0.2) is 5.78 Å². The third kappa shape index (κ3) is 6.97. The molecule has 1 aliphatic heterocycles. The van der Waals surface area contributed by atoms with E-state index in [1.54, 1.807) is 20.2 Å². The number of aryl methyl sites for hydroxylation is 1. The van der Waals surface area contributed by atoms with Crippen LogP contribution in [0.25, 0.3) is 10.9 Å². The van der Waals surface area contributed by atoms with Crippen molar-refractivity contribution in [1.82, 2.24) is 20.1 Å². The number of hydrogen-bond donors (Lipinski definition) is 2. The number of ketones is 1. The molecule has 0 spiro atoms. The molecule has 11 heteroatoms. The number of likely N-dealkylation sites (N-methyl/N-ethyl adjacent to an activating group) is 1. The summed E-state index contributed by atoms with van der Waals surface area (Å²) in [6, 6.07) is 3.00. The first-order chi connectivity index (χ1) is 19.0. The van der Waals surface area contributed by atoms with Crippen LogP contribution in [-0.4, -0.2) is 65.1 Å². The predicted molar refractivity (Wildman–Crippen MR) is 145 cm³/mol. The summed E-state index contributed by atoms with van der Waals surface area (Å²) < 4.78 is 44.2. The number of carbonyl (C=O) groups is 3. The fraction of sp³-hybridized carbons (Fsp3) is 0.621. The SMILES string of the molecule is CN[C@@H](C)C(=O)N[C@H](C(=O)N1CCC[C@H]1CCn1cc(C(C)=O)c2cc(OC(F)(F)F)ccc21)C1CCCCC1. The molecule has 2 aliphatic rings. The van der Waals surface area contributed by atoms with Gasteiger partial charge in [0.1, 0.15) is 11.8 Å². The van der Waals surface area contributed by atoms with E-state index in [1.807, 2.05) is 9.47 Å². The van der Waals surface area contributed by atoms with Crippen molar-refractivity contribution in [2.24, 2.45) is 5.92 Å². The number of fused-ring (bicyclic) bond motifs is 1. The summed E-state index contributed by atoms with van der Waals surface area (Å²) in [5, 5.41) is 6.38. The van der Waals surface area contributed by atoms with Crippen LogP contribution < -0.4 is 15.4 Å². The molecule has 0 bridgehead atoms. The first-order valence-electron chi connectivity index (χ1n) is 14.2. The van der Waals surface area contributed by atoms with Gasteiger partial charge in [0.25, 0.3) is 0 Å². The van der Waals surface area contributed by atoms with Gasteiger partial charge in [-0.15, -0.1) is 13.2 Å². The third-order valence-corrected chi connectivity index (χ3v) is 8.34. The van der Waals surface area contributed by atoms with Gasteiger partial charge in [-0.05, 0) is 77.1 Å². The lowest BCUT2D eigenvalue weighted by molar-refractivity contribution is -0.274. The molecule has 0 unspecified atom stereocenters. The van der Waals surface area contributed by atoms with Crippen LogP contribution in [0.3, 0.4) is 0 Å². The van der Waals surface area contributed by atoms with E-state index in [4.69, 9.17) is 0 Å². The Labute approximate surface area is 232 Å². The van der Waals surface area contributed by atoms with Crippen molar-refractivity contribution in [3.05, 3.63) is 30.0 Å². The van der Waals surface area contributed by atoms with Crippen molar-refractivity contribution in [3.8, 4) is 5.75 Å². The molecule has 2 fully saturated rings. The number of hydrogen-bond acceptors (Lipinski definition) is 5. The summed E-state index contributed by atoms with van der Waals surface area (Å²) in [5.74, 6) is -0.757. The Morgan fingerprint density at radius 2 is 1.82 bits per heavy atom. The number of carbonyl (C=O) groups excluding carboxylic acids is 3. The summed E-state index contributed by atoms with van der Waals surface area (Å²) in [6.07, 6.45) is 4.19. The molecule has 0 radical (unpaired) electrons. The van der Waals surface area contributed by atoms with Crippen LogP contribution in [0.15, 0.2) is 24.4 Å². The highest BCUT2D eigenvalue weighted by atomic mass is 19.4. The Kier molecular flexibility index (Phi) is 9.43. The maximum atomic E-state index is 13.9. The molecule has 1 saturated carbocycles. The Balaban J connectivity index is 1.52. The zero-order valence-corrected chi connectivity index (χ0v) is 23.4. The molecule has 3 atom stereocenters. The number of nitrogens with one attached hydrogen (secondary N) is 2. The minimum Gasteiger partial charge on any atom is -0.406 e. The molecule has 2 heterocycles. The molecule has 2 N–H and O–H groups in total. The standard InChI is InChI=1S/C29H39F3N4O4/c1-18(33-3)27(38)34-26(20-8-5-4-6-9-20)28(39)36-14-7-10-21(36)13-15-35-17-24(19(2)37)23-16-22(11-12-25(23)35)40-29(30,31)32/h11-12,16-18,20-21,26,33H,4-10,13-15H2,1-3H3,(H,34,38)/t18-,21-,26-/m0/s1. The van der Waals surface area contributed by atoms with Crippen molar-refractivity contribution >= 4 is 28.5 Å². The van der Waals surface area contributed by atoms with Crippen LogP contribution in [0.5, 0.6) is 5.75 Å². The second-order valence-electron chi connectivity index (χ2n) is 11.0. The van der Waals surface area contributed by atoms with Crippen LogP contribution in [0.1, 0.15) is 75.6 Å². The number of nitrogens with zero attached hydrogens (tertiary/aromatic N) is 2. The van der Waals surface area contributed by atoms with Gasteiger partial charge in [0.2, 0.25) is 11.8 Å². The fourth-order valence-electron chi connectivity index (χ4n) is 6.09. The second-order valence-corrected chi connectivity index (χ2v) is 11.0. The number of benzene rings is 1. The average Bonchev–Trinajstić information content (AvgIpc) is 3.53. The summed E-state index contributed by atoms with van der Waals surface area (Å²) in [7, 11) is 1.71. The average molecular weight is 565 g/mol. The highest BCUT2D eigenvalue weighted by Gasteiger charge is 2.38. The summed E-state index contributed by atoms with van der Waals surface area (Å²) in [4.78, 5) is 40.9.